The van der Waals surface area contributed by atoms with Gasteiger partial charge in [0.05, 0.1) is 12.2 Å². The van der Waals surface area contributed by atoms with E-state index < -0.39 is 0 Å². The van der Waals surface area contributed by atoms with Crippen LogP contribution in [0.5, 0.6) is 5.75 Å². The lowest BCUT2D eigenvalue weighted by Gasteiger charge is -2.07. The number of benzene rings is 1. The van der Waals surface area contributed by atoms with Gasteiger partial charge in [0.25, 0.3) is 0 Å². The van der Waals surface area contributed by atoms with Crippen molar-refractivity contribution < 1.29 is 4.74 Å². The number of halogens is 1. The molecule has 2 rings (SSSR count). The first-order valence-corrected chi connectivity index (χ1v) is 7.45. The van der Waals surface area contributed by atoms with Crippen LogP contribution in [0.1, 0.15) is 16.8 Å². The summed E-state index contributed by atoms with van der Waals surface area (Å²) in [5.41, 5.74) is 3.44. The molecule has 0 fully saturated rings. The van der Waals surface area contributed by atoms with E-state index in [1.165, 1.54) is 11.1 Å². The number of hydrogen-bond donors (Lipinski definition) is 0. The van der Waals surface area contributed by atoms with Gasteiger partial charge < -0.3 is 4.74 Å². The number of aromatic nitrogens is 3. The van der Waals surface area contributed by atoms with E-state index in [0.717, 1.165) is 23.2 Å². The Morgan fingerprint density at radius 1 is 1.21 bits per heavy atom. The Kier molecular flexibility index (Phi) is 4.96. The average molecular weight is 324 g/mol. The van der Waals surface area contributed by atoms with Gasteiger partial charge in [-0.1, -0.05) is 27.2 Å². The van der Waals surface area contributed by atoms with E-state index in [-0.39, 0.29) is 0 Å². The van der Waals surface area contributed by atoms with Crippen LogP contribution in [-0.2, 0) is 13.0 Å². The van der Waals surface area contributed by atoms with Crippen molar-refractivity contribution in [3.63, 3.8) is 0 Å². The highest BCUT2D eigenvalue weighted by atomic mass is 79.9. The number of aryl methyl sites for hydroxylation is 3. The first-order valence-electron chi connectivity index (χ1n) is 6.33. The van der Waals surface area contributed by atoms with Crippen molar-refractivity contribution in [2.45, 2.75) is 26.8 Å². The van der Waals surface area contributed by atoms with Crippen LogP contribution in [0, 0.1) is 13.8 Å². The number of rotatable bonds is 6. The van der Waals surface area contributed by atoms with Crippen molar-refractivity contribution in [2.24, 2.45) is 0 Å². The predicted molar refractivity (Wildman–Crippen MR) is 78.9 cm³/mol. The van der Waals surface area contributed by atoms with Gasteiger partial charge in [-0.15, -0.1) is 5.10 Å². The fraction of sp³-hybridized carbons (Fsp3) is 0.429. The van der Waals surface area contributed by atoms with Crippen molar-refractivity contribution in [1.82, 2.24) is 15.0 Å². The van der Waals surface area contributed by atoms with Crippen LogP contribution in [0.25, 0.3) is 0 Å². The molecule has 0 spiro atoms. The summed E-state index contributed by atoms with van der Waals surface area (Å²) >= 11 is 3.39. The second-order valence-electron chi connectivity index (χ2n) is 4.58. The van der Waals surface area contributed by atoms with Gasteiger partial charge in [-0.2, -0.15) is 0 Å². The lowest BCUT2D eigenvalue weighted by molar-refractivity contribution is 0.289. The molecule has 0 atom stereocenters. The number of nitrogens with zero attached hydrogens (tertiary/aromatic N) is 3. The zero-order chi connectivity index (χ0) is 13.7. The highest BCUT2D eigenvalue weighted by Gasteiger charge is 2.01. The zero-order valence-electron chi connectivity index (χ0n) is 11.3. The number of alkyl halides is 1. The van der Waals surface area contributed by atoms with Crippen molar-refractivity contribution in [3.05, 3.63) is 41.2 Å². The van der Waals surface area contributed by atoms with Crippen LogP contribution in [0.3, 0.4) is 0 Å². The maximum atomic E-state index is 5.74. The average Bonchev–Trinajstić information content (AvgIpc) is 2.76. The number of ether oxygens (including phenoxy) is 1. The van der Waals surface area contributed by atoms with E-state index in [1.54, 1.807) is 0 Å². The molecule has 0 radical (unpaired) electrons. The van der Waals surface area contributed by atoms with Gasteiger partial charge in [0, 0.05) is 17.9 Å². The molecule has 0 N–H and O–H groups in total. The molecule has 0 saturated heterocycles. The van der Waals surface area contributed by atoms with E-state index in [2.05, 4.69) is 46.2 Å². The van der Waals surface area contributed by atoms with Gasteiger partial charge in [0.2, 0.25) is 0 Å². The molecule has 0 aliphatic rings. The third-order valence-corrected chi connectivity index (χ3v) is 3.12. The van der Waals surface area contributed by atoms with Crippen molar-refractivity contribution >= 4 is 15.9 Å². The topological polar surface area (TPSA) is 39.9 Å². The van der Waals surface area contributed by atoms with E-state index >= 15 is 0 Å². The Bertz CT molecular complexity index is 519. The van der Waals surface area contributed by atoms with Crippen molar-refractivity contribution in [1.29, 1.82) is 0 Å². The summed E-state index contributed by atoms with van der Waals surface area (Å²) in [5, 5.41) is 9.06. The molecule has 0 aliphatic carbocycles. The largest absolute Gasteiger partial charge is 0.492 e. The second-order valence-corrected chi connectivity index (χ2v) is 5.38. The van der Waals surface area contributed by atoms with E-state index in [0.29, 0.717) is 13.2 Å². The molecule has 0 amide bonds. The molecule has 4 nitrogen and oxygen atoms in total. The minimum Gasteiger partial charge on any atom is -0.492 e. The summed E-state index contributed by atoms with van der Waals surface area (Å²) in [4.78, 5) is 0. The molecule has 5 heteroatoms. The third-order valence-electron chi connectivity index (χ3n) is 2.72. The second kappa shape index (κ2) is 6.70. The van der Waals surface area contributed by atoms with Crippen LogP contribution in [0.4, 0.5) is 0 Å². The van der Waals surface area contributed by atoms with E-state index in [1.807, 2.05) is 23.0 Å². The van der Waals surface area contributed by atoms with Crippen LogP contribution in [0.15, 0.2) is 24.4 Å². The molecule has 0 bridgehead atoms. The fourth-order valence-electron chi connectivity index (χ4n) is 1.93. The van der Waals surface area contributed by atoms with Gasteiger partial charge in [-0.05, 0) is 37.1 Å². The maximum absolute atomic E-state index is 5.74. The Labute approximate surface area is 121 Å². The molecule has 19 heavy (non-hydrogen) atoms. The molecule has 102 valence electrons. The smallest absolute Gasteiger partial charge is 0.119 e. The Morgan fingerprint density at radius 2 is 1.95 bits per heavy atom. The van der Waals surface area contributed by atoms with Crippen LogP contribution in [-0.4, -0.2) is 26.9 Å². The summed E-state index contributed by atoms with van der Waals surface area (Å²) in [6.45, 7) is 5.45. The fourth-order valence-corrected chi connectivity index (χ4v) is 2.34. The molecule has 1 aromatic heterocycles. The number of hydrogen-bond acceptors (Lipinski definition) is 3. The molecular weight excluding hydrogens is 306 g/mol. The Hall–Kier alpha value is -1.36. The molecule has 0 aliphatic heterocycles. The lowest BCUT2D eigenvalue weighted by Crippen LogP contribution is -2.08. The van der Waals surface area contributed by atoms with Gasteiger partial charge in [0.1, 0.15) is 12.4 Å². The molecule has 0 unspecified atom stereocenters. The van der Waals surface area contributed by atoms with Crippen LogP contribution in [0.2, 0.25) is 0 Å². The normalized spacial score (nSPS) is 10.7. The third kappa shape index (κ3) is 4.35. The highest BCUT2D eigenvalue weighted by Crippen LogP contribution is 2.16. The monoisotopic (exact) mass is 323 g/mol. The molecular formula is C14H18BrN3O. The van der Waals surface area contributed by atoms with Crippen LogP contribution >= 0.6 is 15.9 Å². The zero-order valence-corrected chi connectivity index (χ0v) is 12.9. The van der Waals surface area contributed by atoms with E-state index in [9.17, 15) is 0 Å². The van der Waals surface area contributed by atoms with Gasteiger partial charge >= 0.3 is 0 Å². The van der Waals surface area contributed by atoms with Gasteiger partial charge in [-0.3, -0.25) is 0 Å². The maximum Gasteiger partial charge on any atom is 0.119 e. The minimum atomic E-state index is 0.597. The Morgan fingerprint density at radius 3 is 2.63 bits per heavy atom. The molecule has 1 heterocycles. The standard InChI is InChI=1S/C14H18BrN3O/c1-11-7-12(2)9-14(8-11)19-6-5-18-10-13(3-4-15)16-17-18/h7-10H,3-6H2,1-2H3. The highest BCUT2D eigenvalue weighted by molar-refractivity contribution is 9.09. The summed E-state index contributed by atoms with van der Waals surface area (Å²) in [5.74, 6) is 0.915. The quantitative estimate of drug-likeness (QED) is 0.767. The van der Waals surface area contributed by atoms with Crippen molar-refractivity contribution in [3.8, 4) is 5.75 Å². The Balaban J connectivity index is 1.85. The molecule has 2 aromatic rings. The predicted octanol–water partition coefficient (Wildman–Crippen LogP) is 2.91. The summed E-state index contributed by atoms with van der Waals surface area (Å²) in [7, 11) is 0. The molecule has 0 saturated carbocycles. The summed E-state index contributed by atoms with van der Waals surface area (Å²) in [6.07, 6.45) is 2.87. The summed E-state index contributed by atoms with van der Waals surface area (Å²) < 4.78 is 7.56. The van der Waals surface area contributed by atoms with Crippen LogP contribution < -0.4 is 4.74 Å². The first kappa shape index (κ1) is 14.1. The van der Waals surface area contributed by atoms with Gasteiger partial charge in [0.15, 0.2) is 0 Å². The van der Waals surface area contributed by atoms with Gasteiger partial charge in [-0.25, -0.2) is 4.68 Å². The molecule has 1 aromatic carbocycles. The van der Waals surface area contributed by atoms with Crippen molar-refractivity contribution in [2.75, 3.05) is 11.9 Å². The summed E-state index contributed by atoms with van der Waals surface area (Å²) in [6, 6.07) is 6.23. The SMILES string of the molecule is Cc1cc(C)cc(OCCn2cc(CCBr)nn2)c1. The van der Waals surface area contributed by atoms with E-state index in [4.69, 9.17) is 4.74 Å². The lowest BCUT2D eigenvalue weighted by atomic mass is 10.1. The minimum absolute atomic E-state index is 0.597. The first-order chi connectivity index (χ1) is 9.17.